The zero-order chi connectivity index (χ0) is 13.2. The summed E-state index contributed by atoms with van der Waals surface area (Å²) in [5, 5.41) is 0. The molecule has 9 heteroatoms. The largest absolute Gasteiger partial charge is 0.573 e. The zero-order valence-electron chi connectivity index (χ0n) is 8.55. The summed E-state index contributed by atoms with van der Waals surface area (Å²) in [6.45, 7) is 0. The Morgan fingerprint density at radius 2 is 1.78 bits per heavy atom. The fourth-order valence-corrected chi connectivity index (χ4v) is 1.51. The molecule has 0 bridgehead atoms. The van der Waals surface area contributed by atoms with Gasteiger partial charge in [0.2, 0.25) is 0 Å². The van der Waals surface area contributed by atoms with Crippen molar-refractivity contribution >= 4 is 28.3 Å². The highest BCUT2D eigenvalue weighted by molar-refractivity contribution is 9.10. The molecular formula is C9H8BrClF5NO. The first-order valence-corrected chi connectivity index (χ1v) is 5.09. The van der Waals surface area contributed by atoms with Crippen LogP contribution in [0.3, 0.4) is 0 Å². The fourth-order valence-electron chi connectivity index (χ4n) is 1.13. The molecule has 0 aromatic heterocycles. The Hall–Kier alpha value is -0.600. The lowest BCUT2D eigenvalue weighted by Crippen LogP contribution is -2.23. The van der Waals surface area contributed by atoms with Crippen molar-refractivity contribution in [1.29, 1.82) is 0 Å². The Balaban J connectivity index is 0.00000289. The van der Waals surface area contributed by atoms with Crippen LogP contribution in [-0.2, 0) is 0 Å². The highest BCUT2D eigenvalue weighted by Gasteiger charge is 2.33. The normalized spacial score (nSPS) is 13.1. The van der Waals surface area contributed by atoms with Crippen molar-refractivity contribution in [2.24, 2.45) is 5.73 Å². The van der Waals surface area contributed by atoms with Crippen molar-refractivity contribution in [1.82, 2.24) is 0 Å². The predicted molar refractivity (Wildman–Crippen MR) is 61.0 cm³/mol. The van der Waals surface area contributed by atoms with E-state index >= 15 is 0 Å². The van der Waals surface area contributed by atoms with Crippen LogP contribution in [0, 0.1) is 0 Å². The first-order chi connectivity index (χ1) is 7.70. The van der Waals surface area contributed by atoms with Crippen LogP contribution in [0.1, 0.15) is 11.6 Å². The van der Waals surface area contributed by atoms with Gasteiger partial charge in [0.1, 0.15) is 5.75 Å². The summed E-state index contributed by atoms with van der Waals surface area (Å²) in [7, 11) is 0. The molecular weight excluding hydrogens is 348 g/mol. The second kappa shape index (κ2) is 6.53. The van der Waals surface area contributed by atoms with Gasteiger partial charge in [-0.2, -0.15) is 0 Å². The maximum absolute atomic E-state index is 12.4. The van der Waals surface area contributed by atoms with Gasteiger partial charge in [-0.3, -0.25) is 0 Å². The molecule has 1 rings (SSSR count). The highest BCUT2D eigenvalue weighted by Crippen LogP contribution is 2.33. The van der Waals surface area contributed by atoms with E-state index in [1.807, 2.05) is 0 Å². The molecule has 0 radical (unpaired) electrons. The summed E-state index contributed by atoms with van der Waals surface area (Å²) in [5.41, 5.74) is 4.70. The van der Waals surface area contributed by atoms with Crippen molar-refractivity contribution in [3.05, 3.63) is 28.2 Å². The molecule has 0 aliphatic heterocycles. The van der Waals surface area contributed by atoms with E-state index in [0.29, 0.717) is 4.47 Å². The summed E-state index contributed by atoms with van der Waals surface area (Å²) >= 11 is 2.96. The van der Waals surface area contributed by atoms with Crippen LogP contribution in [-0.4, -0.2) is 12.8 Å². The van der Waals surface area contributed by atoms with E-state index in [9.17, 15) is 22.0 Å². The molecule has 1 atom stereocenters. The van der Waals surface area contributed by atoms with E-state index in [1.165, 1.54) is 6.07 Å². The molecule has 104 valence electrons. The number of ether oxygens (including phenoxy) is 1. The van der Waals surface area contributed by atoms with Crippen LogP contribution in [0.2, 0.25) is 0 Å². The average molecular weight is 357 g/mol. The third kappa shape index (κ3) is 4.95. The van der Waals surface area contributed by atoms with Crippen molar-refractivity contribution in [2.45, 2.75) is 18.8 Å². The molecule has 0 saturated carbocycles. The zero-order valence-corrected chi connectivity index (χ0v) is 11.0. The summed E-state index contributed by atoms with van der Waals surface area (Å²) in [4.78, 5) is 0. The maximum atomic E-state index is 12.4. The molecule has 2 N–H and O–H groups in total. The van der Waals surface area contributed by atoms with Crippen LogP contribution in [0.25, 0.3) is 0 Å². The number of hydrogen-bond acceptors (Lipinski definition) is 2. The smallest absolute Gasteiger partial charge is 0.405 e. The van der Waals surface area contributed by atoms with Crippen molar-refractivity contribution < 1.29 is 26.7 Å². The number of benzene rings is 1. The standard InChI is InChI=1S/C9H7BrF5NO.ClH/c10-4-1-2-6(17-9(13,14)15)5(3-4)7(16)8(11)12;/h1-3,7-8H,16H2;1H/t7-;/m1./s1. The van der Waals surface area contributed by atoms with E-state index in [-0.39, 0.29) is 12.4 Å². The van der Waals surface area contributed by atoms with Crippen LogP contribution < -0.4 is 10.5 Å². The summed E-state index contributed by atoms with van der Waals surface area (Å²) in [6.07, 6.45) is -7.94. The Kier molecular flexibility index (Phi) is 6.32. The summed E-state index contributed by atoms with van der Waals surface area (Å²) in [5.74, 6) is -0.728. The highest BCUT2D eigenvalue weighted by atomic mass is 79.9. The SMILES string of the molecule is Cl.N[C@H](c1cc(Br)ccc1OC(F)(F)F)C(F)F. The molecule has 0 spiro atoms. The van der Waals surface area contributed by atoms with Crippen molar-refractivity contribution in [3.63, 3.8) is 0 Å². The second-order valence-corrected chi connectivity index (χ2v) is 4.01. The molecule has 18 heavy (non-hydrogen) atoms. The quantitative estimate of drug-likeness (QED) is 0.830. The Labute approximate surface area is 114 Å². The van der Waals surface area contributed by atoms with Crippen molar-refractivity contribution in [2.75, 3.05) is 0 Å². The number of hydrogen-bond donors (Lipinski definition) is 1. The molecule has 1 aromatic rings. The lowest BCUT2D eigenvalue weighted by molar-refractivity contribution is -0.275. The number of rotatable bonds is 3. The minimum atomic E-state index is -4.95. The molecule has 0 aliphatic rings. The minimum absolute atomic E-state index is 0. The molecule has 0 saturated heterocycles. The number of alkyl halides is 5. The van der Waals surface area contributed by atoms with E-state index in [2.05, 4.69) is 20.7 Å². The lowest BCUT2D eigenvalue weighted by Gasteiger charge is -2.17. The van der Waals surface area contributed by atoms with Gasteiger partial charge in [0.15, 0.2) is 0 Å². The molecule has 0 aliphatic carbocycles. The van der Waals surface area contributed by atoms with Gasteiger partial charge in [-0.05, 0) is 18.2 Å². The molecule has 0 heterocycles. The second-order valence-electron chi connectivity index (χ2n) is 3.09. The number of halogens is 7. The van der Waals surface area contributed by atoms with Gasteiger partial charge >= 0.3 is 6.36 Å². The van der Waals surface area contributed by atoms with E-state index < -0.39 is 30.1 Å². The van der Waals surface area contributed by atoms with Gasteiger partial charge in [-0.25, -0.2) is 8.78 Å². The van der Waals surface area contributed by atoms with Gasteiger partial charge in [0.25, 0.3) is 6.43 Å². The predicted octanol–water partition coefficient (Wildman–Crippen LogP) is 4.03. The maximum Gasteiger partial charge on any atom is 0.573 e. The van der Waals surface area contributed by atoms with Gasteiger partial charge in [-0.1, -0.05) is 15.9 Å². The monoisotopic (exact) mass is 355 g/mol. The van der Waals surface area contributed by atoms with Gasteiger partial charge < -0.3 is 10.5 Å². The topological polar surface area (TPSA) is 35.2 Å². The first kappa shape index (κ1) is 17.4. The Morgan fingerprint density at radius 3 is 2.22 bits per heavy atom. The molecule has 2 nitrogen and oxygen atoms in total. The summed E-state index contributed by atoms with van der Waals surface area (Å²) < 4.78 is 64.8. The molecule has 0 unspecified atom stereocenters. The number of nitrogens with two attached hydrogens (primary N) is 1. The first-order valence-electron chi connectivity index (χ1n) is 4.29. The van der Waals surface area contributed by atoms with Crippen LogP contribution in [0.5, 0.6) is 5.75 Å². The van der Waals surface area contributed by atoms with Gasteiger partial charge in [0, 0.05) is 10.0 Å². The van der Waals surface area contributed by atoms with Crippen molar-refractivity contribution in [3.8, 4) is 5.75 Å². The third-order valence-electron chi connectivity index (χ3n) is 1.83. The minimum Gasteiger partial charge on any atom is -0.405 e. The van der Waals surface area contributed by atoms with E-state index in [1.54, 1.807) is 0 Å². The molecule has 0 fully saturated rings. The van der Waals surface area contributed by atoms with Crippen LogP contribution in [0.15, 0.2) is 22.7 Å². The van der Waals surface area contributed by atoms with E-state index in [4.69, 9.17) is 5.73 Å². The van der Waals surface area contributed by atoms with Crippen LogP contribution in [0.4, 0.5) is 22.0 Å². The van der Waals surface area contributed by atoms with Gasteiger partial charge in [0.05, 0.1) is 6.04 Å². The molecule has 1 aromatic carbocycles. The summed E-state index contributed by atoms with van der Waals surface area (Å²) in [6, 6.07) is 1.39. The Morgan fingerprint density at radius 1 is 1.22 bits per heavy atom. The molecule has 0 amide bonds. The Bertz CT molecular complexity index is 401. The van der Waals surface area contributed by atoms with E-state index in [0.717, 1.165) is 12.1 Å². The fraction of sp³-hybridized carbons (Fsp3) is 0.333. The third-order valence-corrected chi connectivity index (χ3v) is 2.32. The van der Waals surface area contributed by atoms with Crippen LogP contribution >= 0.6 is 28.3 Å². The average Bonchev–Trinajstić information content (AvgIpc) is 2.17. The van der Waals surface area contributed by atoms with Gasteiger partial charge in [-0.15, -0.1) is 25.6 Å². The lowest BCUT2D eigenvalue weighted by atomic mass is 10.1.